The average Bonchev–Trinajstić information content (AvgIpc) is 2.61. The first-order valence-electron chi connectivity index (χ1n) is 4.31. The van der Waals surface area contributed by atoms with Gasteiger partial charge in [-0.05, 0) is 12.6 Å². The van der Waals surface area contributed by atoms with Gasteiger partial charge in [-0.15, -0.1) is 12.5 Å². The number of para-hydroxylation sites is 1. The molecule has 0 bridgehead atoms. The van der Waals surface area contributed by atoms with Gasteiger partial charge in [-0.1, -0.05) is 5.92 Å². The van der Waals surface area contributed by atoms with Gasteiger partial charge < -0.3 is 0 Å². The third-order valence-corrected chi connectivity index (χ3v) is 1.99. The van der Waals surface area contributed by atoms with E-state index in [2.05, 4.69) is 17.1 Å². The average molecular weight is 376 g/mol. The third-order valence-electron chi connectivity index (χ3n) is 1.99. The third kappa shape index (κ3) is 2.37. The maximum Gasteiger partial charge on any atom is 0.0753 e. The van der Waals surface area contributed by atoms with Crippen molar-refractivity contribution in [2.45, 2.75) is 6.92 Å². The van der Waals surface area contributed by atoms with Crippen molar-refractivity contribution in [3.8, 4) is 18.0 Å². The van der Waals surface area contributed by atoms with Crippen LogP contribution in [-0.4, -0.2) is 9.78 Å². The van der Waals surface area contributed by atoms with Crippen molar-refractivity contribution in [3.05, 3.63) is 47.8 Å². The molecule has 0 atom stereocenters. The van der Waals surface area contributed by atoms with Gasteiger partial charge >= 0.3 is 0 Å². The molecule has 2 rings (SSSR count). The molecular formula is C12H9N2Pt-. The van der Waals surface area contributed by atoms with Crippen molar-refractivity contribution in [2.24, 2.45) is 0 Å². The summed E-state index contributed by atoms with van der Waals surface area (Å²) in [6.07, 6.45) is 7.16. The van der Waals surface area contributed by atoms with Crippen LogP contribution in [0.15, 0.2) is 30.5 Å². The fraction of sp³-hybridized carbons (Fsp3) is 0.0833. The van der Waals surface area contributed by atoms with E-state index in [9.17, 15) is 0 Å². The van der Waals surface area contributed by atoms with Crippen molar-refractivity contribution in [1.29, 1.82) is 0 Å². The Labute approximate surface area is 104 Å². The fourth-order valence-corrected chi connectivity index (χ4v) is 1.25. The first-order chi connectivity index (χ1) is 6.81. The van der Waals surface area contributed by atoms with Gasteiger partial charge in [0.15, 0.2) is 0 Å². The van der Waals surface area contributed by atoms with Crippen molar-refractivity contribution < 1.29 is 21.1 Å². The molecule has 78 valence electrons. The van der Waals surface area contributed by atoms with Crippen LogP contribution in [0.1, 0.15) is 11.3 Å². The van der Waals surface area contributed by atoms with E-state index in [1.54, 1.807) is 4.68 Å². The van der Waals surface area contributed by atoms with Crippen LogP contribution in [0.5, 0.6) is 0 Å². The monoisotopic (exact) mass is 376 g/mol. The molecule has 0 aliphatic heterocycles. The van der Waals surface area contributed by atoms with Crippen LogP contribution in [0.2, 0.25) is 0 Å². The normalized spacial score (nSPS) is 9.07. The number of rotatable bonds is 1. The minimum Gasteiger partial charge on any atom is -0.264 e. The molecule has 1 aromatic heterocycles. The standard InChI is InChI=1S/C12H9N2.Pt/c1-3-11-9-14(13-10(11)2)12-7-5-4-6-8-12;/h1,4-7,9H,2H3;/q-1;. The molecular weight excluding hydrogens is 367 g/mol. The zero-order chi connectivity index (χ0) is 9.97. The Balaban J connectivity index is 0.00000112. The van der Waals surface area contributed by atoms with Gasteiger partial charge in [0.2, 0.25) is 0 Å². The summed E-state index contributed by atoms with van der Waals surface area (Å²) in [5.74, 6) is 2.59. The summed E-state index contributed by atoms with van der Waals surface area (Å²) in [5.41, 5.74) is 2.59. The van der Waals surface area contributed by atoms with E-state index in [1.807, 2.05) is 37.4 Å². The van der Waals surface area contributed by atoms with E-state index in [-0.39, 0.29) is 21.1 Å². The Kier molecular flexibility index (Phi) is 3.88. The second-order valence-corrected chi connectivity index (χ2v) is 2.96. The Bertz CT molecular complexity index is 480. The van der Waals surface area contributed by atoms with E-state index in [4.69, 9.17) is 6.42 Å². The molecule has 3 heteroatoms. The van der Waals surface area contributed by atoms with Crippen LogP contribution in [0, 0.1) is 25.3 Å². The van der Waals surface area contributed by atoms with Gasteiger partial charge in [0.05, 0.1) is 11.3 Å². The zero-order valence-corrected chi connectivity index (χ0v) is 10.4. The van der Waals surface area contributed by atoms with Gasteiger partial charge in [-0.25, -0.2) is 0 Å². The fourth-order valence-electron chi connectivity index (χ4n) is 1.25. The number of hydrogen-bond acceptors (Lipinski definition) is 1. The molecule has 0 saturated carbocycles. The van der Waals surface area contributed by atoms with Crippen molar-refractivity contribution in [1.82, 2.24) is 9.78 Å². The molecule has 0 amide bonds. The minimum absolute atomic E-state index is 0. The summed E-state index contributed by atoms with van der Waals surface area (Å²) in [5, 5.41) is 4.29. The Morgan fingerprint density at radius 2 is 2.27 bits per heavy atom. The molecule has 0 aliphatic carbocycles. The maximum absolute atomic E-state index is 5.33. The van der Waals surface area contributed by atoms with Gasteiger partial charge in [0.25, 0.3) is 0 Å². The van der Waals surface area contributed by atoms with Crippen LogP contribution in [0.4, 0.5) is 0 Å². The van der Waals surface area contributed by atoms with Crippen LogP contribution in [0.25, 0.3) is 5.69 Å². The molecule has 1 aromatic carbocycles. The summed E-state index contributed by atoms with van der Waals surface area (Å²) in [6.45, 7) is 1.90. The Hall–Kier alpha value is -1.32. The second-order valence-electron chi connectivity index (χ2n) is 2.96. The summed E-state index contributed by atoms with van der Waals surface area (Å²) in [4.78, 5) is 0. The minimum atomic E-state index is 0. The zero-order valence-electron chi connectivity index (χ0n) is 8.17. The van der Waals surface area contributed by atoms with Crippen molar-refractivity contribution >= 4 is 0 Å². The molecule has 2 nitrogen and oxygen atoms in total. The molecule has 0 spiro atoms. The number of aryl methyl sites for hydroxylation is 1. The smallest absolute Gasteiger partial charge is 0.0753 e. The topological polar surface area (TPSA) is 17.8 Å². The second kappa shape index (κ2) is 4.96. The summed E-state index contributed by atoms with van der Waals surface area (Å²) >= 11 is 0. The first kappa shape index (κ1) is 11.8. The van der Waals surface area contributed by atoms with E-state index in [1.165, 1.54) is 0 Å². The molecule has 0 fully saturated rings. The first-order valence-corrected chi connectivity index (χ1v) is 4.31. The Morgan fingerprint density at radius 1 is 1.47 bits per heavy atom. The quantitative estimate of drug-likeness (QED) is 0.550. The number of hydrogen-bond donors (Lipinski definition) is 0. The SMILES string of the molecule is C#Cc1cn(-c2[c-]cccc2)nc1C.[Pt]. The predicted octanol–water partition coefficient (Wildman–Crippen LogP) is 1.96. The van der Waals surface area contributed by atoms with Gasteiger partial charge in [0, 0.05) is 27.3 Å². The predicted molar refractivity (Wildman–Crippen MR) is 55.1 cm³/mol. The number of terminal acetylenes is 1. The van der Waals surface area contributed by atoms with E-state index < -0.39 is 0 Å². The number of aromatic nitrogens is 2. The molecule has 0 radical (unpaired) electrons. The summed E-state index contributed by atoms with van der Waals surface area (Å²) in [7, 11) is 0. The maximum atomic E-state index is 5.33. The number of nitrogens with zero attached hydrogens (tertiary/aromatic N) is 2. The van der Waals surface area contributed by atoms with Gasteiger partial charge in [-0.3, -0.25) is 4.68 Å². The van der Waals surface area contributed by atoms with Crippen LogP contribution in [-0.2, 0) is 21.1 Å². The largest absolute Gasteiger partial charge is 0.264 e. The number of benzene rings is 1. The van der Waals surface area contributed by atoms with Crippen LogP contribution < -0.4 is 0 Å². The molecule has 1 heterocycles. The van der Waals surface area contributed by atoms with E-state index in [0.717, 1.165) is 16.9 Å². The molecule has 0 aliphatic rings. The van der Waals surface area contributed by atoms with Gasteiger partial charge in [-0.2, -0.15) is 29.4 Å². The summed E-state index contributed by atoms with van der Waals surface area (Å²) in [6, 6.07) is 10.7. The van der Waals surface area contributed by atoms with Crippen LogP contribution in [0.3, 0.4) is 0 Å². The van der Waals surface area contributed by atoms with E-state index >= 15 is 0 Å². The molecule has 2 aromatic rings. The summed E-state index contributed by atoms with van der Waals surface area (Å²) < 4.78 is 1.74. The van der Waals surface area contributed by atoms with Gasteiger partial charge in [0.1, 0.15) is 0 Å². The molecule has 15 heavy (non-hydrogen) atoms. The van der Waals surface area contributed by atoms with Crippen molar-refractivity contribution in [2.75, 3.05) is 0 Å². The van der Waals surface area contributed by atoms with Crippen LogP contribution >= 0.6 is 0 Å². The molecule has 0 saturated heterocycles. The Morgan fingerprint density at radius 3 is 2.80 bits per heavy atom. The van der Waals surface area contributed by atoms with E-state index in [0.29, 0.717) is 0 Å². The molecule has 0 unspecified atom stereocenters. The van der Waals surface area contributed by atoms with Crippen molar-refractivity contribution in [3.63, 3.8) is 0 Å². The molecule has 0 N–H and O–H groups in total.